The first-order chi connectivity index (χ1) is 11.9. The van der Waals surface area contributed by atoms with E-state index in [9.17, 15) is 9.90 Å². The average Bonchev–Trinajstić information content (AvgIpc) is 2.56. The third-order valence-corrected chi connectivity index (χ3v) is 3.83. The Hall–Kier alpha value is -2.54. The molecule has 0 spiro atoms. The Labute approximate surface area is 154 Å². The van der Waals surface area contributed by atoms with Crippen LogP contribution in [0.5, 0.6) is 17.2 Å². The number of nitrogens with zero attached hydrogens (tertiary/aromatic N) is 1. The summed E-state index contributed by atoms with van der Waals surface area (Å²) in [7, 11) is 1.45. The first-order valence-electron chi connectivity index (χ1n) is 7.49. The van der Waals surface area contributed by atoms with Gasteiger partial charge in [-0.05, 0) is 37.6 Å². The van der Waals surface area contributed by atoms with Crippen LogP contribution in [0.15, 0.2) is 39.9 Å². The summed E-state index contributed by atoms with van der Waals surface area (Å²) in [5, 5.41) is 13.8. The Morgan fingerprint density at radius 2 is 2.04 bits per heavy atom. The predicted octanol–water partition coefficient (Wildman–Crippen LogP) is 3.31. The number of hydrazone groups is 1. The van der Waals surface area contributed by atoms with Crippen molar-refractivity contribution in [1.82, 2.24) is 5.43 Å². The molecule has 0 saturated carbocycles. The number of ether oxygens (including phenoxy) is 2. The Kier molecular flexibility index (Phi) is 6.41. The molecule has 2 aromatic carbocycles. The van der Waals surface area contributed by atoms with E-state index in [1.165, 1.54) is 13.3 Å². The quantitative estimate of drug-likeness (QED) is 0.569. The van der Waals surface area contributed by atoms with Crippen LogP contribution in [0.1, 0.15) is 16.7 Å². The third kappa shape index (κ3) is 5.22. The zero-order chi connectivity index (χ0) is 18.4. The third-order valence-electron chi connectivity index (χ3n) is 3.37. The van der Waals surface area contributed by atoms with Crippen molar-refractivity contribution in [3.05, 3.63) is 51.5 Å². The highest BCUT2D eigenvalue weighted by molar-refractivity contribution is 9.10. The van der Waals surface area contributed by atoms with Gasteiger partial charge in [0.25, 0.3) is 5.91 Å². The van der Waals surface area contributed by atoms with Crippen molar-refractivity contribution < 1.29 is 19.4 Å². The monoisotopic (exact) mass is 406 g/mol. The maximum absolute atomic E-state index is 11.8. The fraction of sp³-hybridized carbons (Fsp3) is 0.222. The number of phenolic OH excluding ortho intramolecular Hbond substituents is 1. The lowest BCUT2D eigenvalue weighted by atomic mass is 10.1. The van der Waals surface area contributed by atoms with E-state index >= 15 is 0 Å². The van der Waals surface area contributed by atoms with Crippen LogP contribution in [0, 0.1) is 13.8 Å². The molecule has 0 unspecified atom stereocenters. The van der Waals surface area contributed by atoms with E-state index < -0.39 is 5.91 Å². The number of carbonyl (C=O) groups excluding carboxylic acids is 1. The van der Waals surface area contributed by atoms with E-state index in [0.29, 0.717) is 21.5 Å². The molecule has 1 amide bonds. The van der Waals surface area contributed by atoms with Gasteiger partial charge in [-0.25, -0.2) is 5.43 Å². The van der Waals surface area contributed by atoms with Crippen LogP contribution in [0.25, 0.3) is 0 Å². The molecule has 0 bridgehead atoms. The van der Waals surface area contributed by atoms with Crippen molar-refractivity contribution in [2.45, 2.75) is 13.8 Å². The number of hydrogen-bond acceptors (Lipinski definition) is 5. The van der Waals surface area contributed by atoms with E-state index in [1.807, 2.05) is 32.0 Å². The molecule has 2 aromatic rings. The van der Waals surface area contributed by atoms with E-state index in [1.54, 1.807) is 12.1 Å². The fourth-order valence-corrected chi connectivity index (χ4v) is 2.61. The highest BCUT2D eigenvalue weighted by Gasteiger charge is 2.08. The number of aryl methyl sites for hydroxylation is 2. The number of nitrogens with one attached hydrogen (secondary N) is 1. The van der Waals surface area contributed by atoms with Crippen molar-refractivity contribution >= 4 is 28.1 Å². The molecule has 0 aliphatic carbocycles. The van der Waals surface area contributed by atoms with Crippen LogP contribution in [-0.4, -0.2) is 30.9 Å². The molecule has 7 heteroatoms. The predicted molar refractivity (Wildman–Crippen MR) is 99.5 cm³/mol. The number of aromatic hydroxyl groups is 1. The Bertz CT molecular complexity index is 806. The lowest BCUT2D eigenvalue weighted by Crippen LogP contribution is -2.24. The van der Waals surface area contributed by atoms with Crippen LogP contribution in [0.4, 0.5) is 0 Å². The maximum atomic E-state index is 11.8. The maximum Gasteiger partial charge on any atom is 0.277 e. The van der Waals surface area contributed by atoms with Gasteiger partial charge in [0, 0.05) is 10.0 Å². The van der Waals surface area contributed by atoms with Crippen molar-refractivity contribution in [3.8, 4) is 17.2 Å². The largest absolute Gasteiger partial charge is 0.504 e. The molecular formula is C18H19BrN2O4. The van der Waals surface area contributed by atoms with E-state index in [4.69, 9.17) is 9.47 Å². The van der Waals surface area contributed by atoms with Crippen LogP contribution >= 0.6 is 15.9 Å². The number of amides is 1. The van der Waals surface area contributed by atoms with Gasteiger partial charge in [-0.1, -0.05) is 33.6 Å². The summed E-state index contributed by atoms with van der Waals surface area (Å²) in [5.41, 5.74) is 4.85. The number of methoxy groups -OCH3 is 1. The summed E-state index contributed by atoms with van der Waals surface area (Å²) in [6, 6.07) is 9.01. The zero-order valence-electron chi connectivity index (χ0n) is 14.2. The number of phenols is 1. The highest BCUT2D eigenvalue weighted by atomic mass is 79.9. The van der Waals surface area contributed by atoms with E-state index in [2.05, 4.69) is 26.5 Å². The van der Waals surface area contributed by atoms with Gasteiger partial charge in [-0.3, -0.25) is 4.79 Å². The van der Waals surface area contributed by atoms with E-state index in [-0.39, 0.29) is 12.4 Å². The minimum Gasteiger partial charge on any atom is -0.504 e. The zero-order valence-corrected chi connectivity index (χ0v) is 15.8. The number of hydrogen-bond donors (Lipinski definition) is 2. The normalized spacial score (nSPS) is 10.7. The fourth-order valence-electron chi connectivity index (χ4n) is 2.16. The first-order valence-corrected chi connectivity index (χ1v) is 8.28. The molecule has 2 N–H and O–H groups in total. The van der Waals surface area contributed by atoms with Gasteiger partial charge in [0.15, 0.2) is 18.1 Å². The number of halogens is 1. The number of rotatable bonds is 6. The van der Waals surface area contributed by atoms with E-state index in [0.717, 1.165) is 11.1 Å². The van der Waals surface area contributed by atoms with Crippen molar-refractivity contribution in [2.24, 2.45) is 5.10 Å². The topological polar surface area (TPSA) is 80.2 Å². The van der Waals surface area contributed by atoms with Crippen LogP contribution in [0.3, 0.4) is 0 Å². The SMILES string of the molecule is COc1cc(Br)cc(C=NNC(=O)COc2ccc(C)cc2C)c1O. The summed E-state index contributed by atoms with van der Waals surface area (Å²) in [4.78, 5) is 11.8. The Morgan fingerprint density at radius 3 is 2.72 bits per heavy atom. The molecule has 0 aromatic heterocycles. The summed E-state index contributed by atoms with van der Waals surface area (Å²) in [5.74, 6) is 0.493. The van der Waals surface area contributed by atoms with Crippen molar-refractivity contribution in [2.75, 3.05) is 13.7 Å². The van der Waals surface area contributed by atoms with Gasteiger partial charge in [0.05, 0.1) is 13.3 Å². The summed E-state index contributed by atoms with van der Waals surface area (Å²) >= 11 is 3.31. The molecule has 0 fully saturated rings. The smallest absolute Gasteiger partial charge is 0.277 e. The minimum atomic E-state index is -0.405. The molecule has 25 heavy (non-hydrogen) atoms. The second-order valence-electron chi connectivity index (χ2n) is 5.40. The van der Waals surface area contributed by atoms with Crippen LogP contribution in [0.2, 0.25) is 0 Å². The summed E-state index contributed by atoms with van der Waals surface area (Å²) < 4.78 is 11.2. The molecule has 0 atom stereocenters. The second kappa shape index (κ2) is 8.53. The molecule has 6 nitrogen and oxygen atoms in total. The Balaban J connectivity index is 1.93. The van der Waals surface area contributed by atoms with Crippen molar-refractivity contribution in [1.29, 1.82) is 0 Å². The average molecular weight is 407 g/mol. The van der Waals surface area contributed by atoms with Crippen molar-refractivity contribution in [3.63, 3.8) is 0 Å². The Morgan fingerprint density at radius 1 is 1.28 bits per heavy atom. The molecule has 132 valence electrons. The van der Waals surface area contributed by atoms with Gasteiger partial charge in [0.1, 0.15) is 5.75 Å². The van der Waals surface area contributed by atoms with Gasteiger partial charge < -0.3 is 14.6 Å². The van der Waals surface area contributed by atoms with Gasteiger partial charge in [0.2, 0.25) is 0 Å². The molecule has 0 radical (unpaired) electrons. The minimum absolute atomic E-state index is 0.0600. The van der Waals surface area contributed by atoms with Gasteiger partial charge in [-0.15, -0.1) is 0 Å². The lowest BCUT2D eigenvalue weighted by molar-refractivity contribution is -0.123. The molecule has 0 heterocycles. The highest BCUT2D eigenvalue weighted by Crippen LogP contribution is 2.32. The van der Waals surface area contributed by atoms with Gasteiger partial charge in [-0.2, -0.15) is 5.10 Å². The van der Waals surface area contributed by atoms with Gasteiger partial charge >= 0.3 is 0 Å². The molecule has 0 saturated heterocycles. The molecular weight excluding hydrogens is 388 g/mol. The first kappa shape index (κ1) is 18.8. The number of benzene rings is 2. The molecule has 2 rings (SSSR count). The molecule has 0 aliphatic rings. The summed E-state index contributed by atoms with van der Waals surface area (Å²) in [6.45, 7) is 3.75. The second-order valence-corrected chi connectivity index (χ2v) is 6.31. The standard InChI is InChI=1S/C18H19BrN2O4/c1-11-4-5-15(12(2)6-11)25-10-17(22)21-20-9-13-7-14(19)8-16(24-3)18(13)23/h4-9,23H,10H2,1-3H3,(H,21,22). The van der Waals surface area contributed by atoms with Crippen LogP contribution in [-0.2, 0) is 4.79 Å². The number of carbonyl (C=O) groups is 1. The van der Waals surface area contributed by atoms with Crippen LogP contribution < -0.4 is 14.9 Å². The molecule has 0 aliphatic heterocycles. The summed E-state index contributed by atoms with van der Waals surface area (Å²) in [6.07, 6.45) is 1.33. The lowest BCUT2D eigenvalue weighted by Gasteiger charge is -2.09.